The molecule has 0 saturated carbocycles. The van der Waals surface area contributed by atoms with Gasteiger partial charge in [-0.1, -0.05) is 13.1 Å². The fourth-order valence-corrected chi connectivity index (χ4v) is 2.95. The molecule has 0 fully saturated rings. The van der Waals surface area contributed by atoms with E-state index >= 15 is 0 Å². The summed E-state index contributed by atoms with van der Waals surface area (Å²) in [5, 5.41) is 18.7. The topological polar surface area (TPSA) is 114 Å². The zero-order valence-corrected chi connectivity index (χ0v) is 15.6. The monoisotopic (exact) mass is 370 g/mol. The molecule has 0 aromatic carbocycles. The van der Waals surface area contributed by atoms with Gasteiger partial charge in [0.2, 0.25) is 0 Å². The summed E-state index contributed by atoms with van der Waals surface area (Å²) in [5.41, 5.74) is -0.176. The molecule has 0 spiro atoms. The molecule has 2 aromatic rings. The molecule has 2 aromatic heterocycles. The lowest BCUT2D eigenvalue weighted by Gasteiger charge is -2.37. The minimum Gasteiger partial charge on any atom is -0.370 e. The molecule has 1 aliphatic rings. The molecule has 10 nitrogen and oxygen atoms in total. The van der Waals surface area contributed by atoms with Crippen LogP contribution in [0.2, 0.25) is 0 Å². The fraction of sp³-hybridized carbons (Fsp3) is 0.333. The first-order valence-electron chi connectivity index (χ1n) is 8.35. The number of fused-ring (bicyclic) bond motifs is 2. The van der Waals surface area contributed by atoms with Gasteiger partial charge in [-0.05, 0) is 27.7 Å². The van der Waals surface area contributed by atoms with Crippen LogP contribution in [0.25, 0.3) is 9.69 Å². The molecule has 136 valence electrons. The van der Waals surface area contributed by atoms with Crippen molar-refractivity contribution in [2.24, 2.45) is 0 Å². The minimum absolute atomic E-state index is 0.0878. The molecule has 0 amide bonds. The maximum Gasteiger partial charge on any atom is 0.296 e. The van der Waals surface area contributed by atoms with Crippen LogP contribution in [0, 0.1) is 35.8 Å². The van der Waals surface area contributed by atoms with E-state index in [9.17, 15) is 10.5 Å². The third-order valence-corrected chi connectivity index (χ3v) is 4.05. The number of rotatable bonds is 2. The van der Waals surface area contributed by atoms with Crippen molar-refractivity contribution in [2.45, 2.75) is 39.8 Å². The Hall–Kier alpha value is -4.28. The summed E-state index contributed by atoms with van der Waals surface area (Å²) in [5.74, 6) is 1.22. The van der Waals surface area contributed by atoms with Gasteiger partial charge < -0.3 is 9.69 Å². The van der Waals surface area contributed by atoms with Crippen molar-refractivity contribution in [1.82, 2.24) is 19.9 Å². The van der Waals surface area contributed by atoms with Gasteiger partial charge in [0.25, 0.3) is 23.3 Å². The molecular formula is C18H14N10. The van der Waals surface area contributed by atoms with Crippen LogP contribution in [-0.4, -0.2) is 32.0 Å². The van der Waals surface area contributed by atoms with Crippen LogP contribution in [0.5, 0.6) is 0 Å². The Balaban J connectivity index is 2.45. The van der Waals surface area contributed by atoms with Gasteiger partial charge in [-0.15, -0.1) is 9.97 Å². The summed E-state index contributed by atoms with van der Waals surface area (Å²) >= 11 is 0. The molecule has 0 unspecified atom stereocenters. The lowest BCUT2D eigenvalue weighted by molar-refractivity contribution is 0.706. The molecule has 0 saturated heterocycles. The van der Waals surface area contributed by atoms with E-state index in [1.165, 1.54) is 0 Å². The van der Waals surface area contributed by atoms with Crippen LogP contribution in [0.3, 0.4) is 0 Å². The normalized spacial score (nSPS) is 11.9. The van der Waals surface area contributed by atoms with E-state index in [0.29, 0.717) is 23.3 Å². The highest BCUT2D eigenvalue weighted by Crippen LogP contribution is 2.48. The Morgan fingerprint density at radius 2 is 1.04 bits per heavy atom. The molecule has 0 atom stereocenters. The van der Waals surface area contributed by atoms with Crippen molar-refractivity contribution < 1.29 is 0 Å². The second-order valence-electron chi connectivity index (χ2n) is 6.46. The standard InChI is InChI=1S/C18H14N10/c1-9(2)27-15-16(24-12(8-20)11(7-19)23-15)28(10(3)4)18-17(27)25-13(21-5)14(22-6)26-18/h9-10H,1-4H3. The number of hydrogen-bond donors (Lipinski definition) is 0. The van der Waals surface area contributed by atoms with E-state index in [-0.39, 0.29) is 35.1 Å². The Kier molecular flexibility index (Phi) is 4.49. The van der Waals surface area contributed by atoms with Crippen molar-refractivity contribution >= 4 is 34.9 Å². The van der Waals surface area contributed by atoms with E-state index in [0.717, 1.165) is 0 Å². The van der Waals surface area contributed by atoms with Gasteiger partial charge in [0.05, 0.1) is 0 Å². The maximum absolute atomic E-state index is 9.36. The van der Waals surface area contributed by atoms with Crippen LogP contribution in [0.15, 0.2) is 0 Å². The van der Waals surface area contributed by atoms with Crippen molar-refractivity contribution in [1.29, 1.82) is 10.5 Å². The van der Waals surface area contributed by atoms with Crippen molar-refractivity contribution in [3.05, 3.63) is 34.2 Å². The second-order valence-corrected chi connectivity index (χ2v) is 6.46. The number of nitriles is 2. The molecule has 0 bridgehead atoms. The molecule has 3 rings (SSSR count). The number of anilines is 4. The lowest BCUT2D eigenvalue weighted by atomic mass is 10.2. The van der Waals surface area contributed by atoms with E-state index in [1.807, 2.05) is 39.8 Å². The number of hydrogen-bond acceptors (Lipinski definition) is 8. The molecule has 28 heavy (non-hydrogen) atoms. The van der Waals surface area contributed by atoms with Gasteiger partial charge in [-0.3, -0.25) is 9.80 Å². The van der Waals surface area contributed by atoms with E-state index < -0.39 is 0 Å². The predicted octanol–water partition coefficient (Wildman–Crippen LogP) is 3.52. The molecule has 10 heteroatoms. The Bertz CT molecular complexity index is 964. The first kappa shape index (κ1) is 18.5. The van der Waals surface area contributed by atoms with Crippen molar-refractivity contribution in [3.63, 3.8) is 0 Å². The van der Waals surface area contributed by atoms with Crippen molar-refractivity contribution in [2.75, 3.05) is 9.80 Å². The highest BCUT2D eigenvalue weighted by molar-refractivity contribution is 5.89. The average molecular weight is 370 g/mol. The summed E-state index contributed by atoms with van der Waals surface area (Å²) in [6, 6.07) is 3.48. The maximum atomic E-state index is 9.36. The van der Waals surface area contributed by atoms with E-state index in [1.54, 1.807) is 9.80 Å². The lowest BCUT2D eigenvalue weighted by Crippen LogP contribution is -2.39. The average Bonchev–Trinajstić information content (AvgIpc) is 2.68. The first-order valence-corrected chi connectivity index (χ1v) is 8.35. The SMILES string of the molecule is [C-]#[N+]c1nc2c(nc1[N+]#[C-])N(C(C)C)c1nc(C#N)c(C#N)nc1N2C(C)C. The highest BCUT2D eigenvalue weighted by Gasteiger charge is 2.42. The minimum atomic E-state index is -0.160. The van der Waals surface area contributed by atoms with Gasteiger partial charge in [0, 0.05) is 12.1 Å². The summed E-state index contributed by atoms with van der Waals surface area (Å²) in [7, 11) is 0. The third kappa shape index (κ3) is 2.61. The Labute approximate surface area is 162 Å². The van der Waals surface area contributed by atoms with Crippen LogP contribution in [0.1, 0.15) is 39.1 Å². The predicted molar refractivity (Wildman–Crippen MR) is 101 cm³/mol. The van der Waals surface area contributed by atoms with Crippen molar-refractivity contribution in [3.8, 4) is 12.1 Å². The van der Waals surface area contributed by atoms with Gasteiger partial charge in [-0.2, -0.15) is 10.5 Å². The largest absolute Gasteiger partial charge is 0.370 e. The summed E-state index contributed by atoms with van der Waals surface area (Å²) in [4.78, 5) is 27.5. The fourth-order valence-electron chi connectivity index (χ4n) is 2.95. The van der Waals surface area contributed by atoms with Gasteiger partial charge in [0.15, 0.2) is 23.0 Å². The molecule has 1 aliphatic heterocycles. The molecule has 0 radical (unpaired) electrons. The van der Waals surface area contributed by atoms with Crippen LogP contribution < -0.4 is 9.80 Å². The van der Waals surface area contributed by atoms with Crippen LogP contribution in [0.4, 0.5) is 34.9 Å². The second kappa shape index (κ2) is 6.79. The third-order valence-electron chi connectivity index (χ3n) is 4.05. The van der Waals surface area contributed by atoms with Gasteiger partial charge >= 0.3 is 0 Å². The van der Waals surface area contributed by atoms with Crippen LogP contribution >= 0.6 is 0 Å². The van der Waals surface area contributed by atoms with Gasteiger partial charge in [-0.25, -0.2) is 9.97 Å². The Morgan fingerprint density at radius 3 is 1.29 bits per heavy atom. The van der Waals surface area contributed by atoms with E-state index in [4.69, 9.17) is 13.1 Å². The molecule has 0 N–H and O–H groups in total. The first-order chi connectivity index (χ1) is 13.4. The molecular weight excluding hydrogens is 356 g/mol. The number of nitrogens with zero attached hydrogens (tertiary/aromatic N) is 10. The summed E-state index contributed by atoms with van der Waals surface area (Å²) in [6.45, 7) is 22.2. The Morgan fingerprint density at radius 1 is 0.714 bits per heavy atom. The zero-order valence-electron chi connectivity index (χ0n) is 15.6. The quantitative estimate of drug-likeness (QED) is 0.738. The zero-order chi connectivity index (χ0) is 20.6. The smallest absolute Gasteiger partial charge is 0.296 e. The molecule has 3 heterocycles. The summed E-state index contributed by atoms with van der Waals surface area (Å²) in [6.07, 6.45) is 0. The van der Waals surface area contributed by atoms with Gasteiger partial charge in [0.1, 0.15) is 12.1 Å². The highest BCUT2D eigenvalue weighted by atomic mass is 15.4. The summed E-state index contributed by atoms with van der Waals surface area (Å²) < 4.78 is 0. The number of aromatic nitrogens is 4. The van der Waals surface area contributed by atoms with Crippen LogP contribution in [-0.2, 0) is 0 Å². The molecule has 0 aliphatic carbocycles. The van der Waals surface area contributed by atoms with E-state index in [2.05, 4.69) is 29.6 Å².